The number of aromatic amines is 1. The summed E-state index contributed by atoms with van der Waals surface area (Å²) in [6.07, 6.45) is 7.01. The SMILES string of the molecule is O=C(c1cnn2c1[nH]c(=O)c1ccccc12)N(Cc1cccnc1)C1CC1. The number of hydrogen-bond donors (Lipinski definition) is 1. The summed E-state index contributed by atoms with van der Waals surface area (Å²) in [6, 6.07) is 11.3. The van der Waals surface area contributed by atoms with E-state index in [1.54, 1.807) is 29.2 Å². The summed E-state index contributed by atoms with van der Waals surface area (Å²) in [5.41, 5.74) is 2.28. The predicted molar refractivity (Wildman–Crippen MR) is 100 cm³/mol. The number of fused-ring (bicyclic) bond motifs is 3. The molecule has 1 N–H and O–H groups in total. The van der Waals surface area contributed by atoms with E-state index >= 15 is 0 Å². The van der Waals surface area contributed by atoms with Crippen LogP contribution in [0.4, 0.5) is 0 Å². The van der Waals surface area contributed by atoms with E-state index in [0.29, 0.717) is 28.7 Å². The van der Waals surface area contributed by atoms with Crippen molar-refractivity contribution in [2.75, 3.05) is 0 Å². The van der Waals surface area contributed by atoms with E-state index in [2.05, 4.69) is 15.1 Å². The summed E-state index contributed by atoms with van der Waals surface area (Å²) in [5, 5.41) is 4.91. The van der Waals surface area contributed by atoms with Crippen LogP contribution in [0.15, 0.2) is 59.8 Å². The number of pyridine rings is 1. The predicted octanol–water partition coefficient (Wildman–Crippen LogP) is 2.38. The van der Waals surface area contributed by atoms with Gasteiger partial charge in [-0.1, -0.05) is 18.2 Å². The van der Waals surface area contributed by atoms with Gasteiger partial charge in [-0.25, -0.2) is 4.52 Å². The van der Waals surface area contributed by atoms with Gasteiger partial charge < -0.3 is 9.88 Å². The quantitative estimate of drug-likeness (QED) is 0.606. The van der Waals surface area contributed by atoms with Gasteiger partial charge in [-0.15, -0.1) is 0 Å². The fourth-order valence-corrected chi connectivity index (χ4v) is 3.43. The average Bonchev–Trinajstić information content (AvgIpc) is 3.46. The van der Waals surface area contributed by atoms with Gasteiger partial charge in [-0.05, 0) is 36.6 Å². The molecule has 0 spiro atoms. The molecule has 1 aliphatic rings. The van der Waals surface area contributed by atoms with Crippen LogP contribution in [0, 0.1) is 0 Å². The molecule has 0 aliphatic heterocycles. The van der Waals surface area contributed by atoms with E-state index in [1.807, 2.05) is 35.2 Å². The van der Waals surface area contributed by atoms with Crippen LogP contribution in [0.3, 0.4) is 0 Å². The third-order valence-corrected chi connectivity index (χ3v) is 4.93. The van der Waals surface area contributed by atoms with E-state index < -0.39 is 0 Å². The minimum Gasteiger partial charge on any atom is -0.331 e. The van der Waals surface area contributed by atoms with Gasteiger partial charge in [0.1, 0.15) is 11.2 Å². The van der Waals surface area contributed by atoms with Gasteiger partial charge in [0, 0.05) is 25.0 Å². The molecule has 3 aromatic heterocycles. The Balaban J connectivity index is 1.59. The number of rotatable bonds is 4. The van der Waals surface area contributed by atoms with Crippen LogP contribution in [0.1, 0.15) is 28.8 Å². The number of hydrogen-bond acceptors (Lipinski definition) is 4. The van der Waals surface area contributed by atoms with Gasteiger partial charge >= 0.3 is 0 Å². The van der Waals surface area contributed by atoms with Crippen molar-refractivity contribution in [3.05, 3.63) is 76.5 Å². The molecule has 0 unspecified atom stereocenters. The number of carbonyl (C=O) groups excluding carboxylic acids is 1. The first kappa shape index (κ1) is 15.7. The third-order valence-electron chi connectivity index (χ3n) is 4.93. The maximum Gasteiger partial charge on any atom is 0.259 e. The highest BCUT2D eigenvalue weighted by Gasteiger charge is 2.34. The summed E-state index contributed by atoms with van der Waals surface area (Å²) < 4.78 is 1.62. The van der Waals surface area contributed by atoms with Crippen molar-refractivity contribution in [1.82, 2.24) is 24.5 Å². The van der Waals surface area contributed by atoms with Crippen molar-refractivity contribution < 1.29 is 4.79 Å². The van der Waals surface area contributed by atoms with E-state index in [-0.39, 0.29) is 17.5 Å². The average molecular weight is 359 g/mol. The summed E-state index contributed by atoms with van der Waals surface area (Å²) >= 11 is 0. The van der Waals surface area contributed by atoms with Crippen molar-refractivity contribution >= 4 is 22.5 Å². The minimum absolute atomic E-state index is 0.123. The molecule has 1 aliphatic carbocycles. The van der Waals surface area contributed by atoms with Crippen LogP contribution in [-0.4, -0.2) is 36.4 Å². The lowest BCUT2D eigenvalue weighted by molar-refractivity contribution is 0.0731. The zero-order chi connectivity index (χ0) is 18.4. The van der Waals surface area contributed by atoms with Gasteiger partial charge in [0.15, 0.2) is 0 Å². The second-order valence-electron chi connectivity index (χ2n) is 6.82. The Morgan fingerprint density at radius 1 is 1.19 bits per heavy atom. The Labute approximate surface area is 154 Å². The Bertz CT molecular complexity index is 1210. The molecule has 0 radical (unpaired) electrons. The maximum atomic E-state index is 13.3. The van der Waals surface area contributed by atoms with Gasteiger partial charge in [-0.2, -0.15) is 5.10 Å². The fourth-order valence-electron chi connectivity index (χ4n) is 3.43. The smallest absolute Gasteiger partial charge is 0.259 e. The molecular weight excluding hydrogens is 342 g/mol. The first-order valence-corrected chi connectivity index (χ1v) is 8.91. The molecule has 1 amide bonds. The van der Waals surface area contributed by atoms with E-state index in [1.165, 1.54) is 0 Å². The highest BCUT2D eigenvalue weighted by atomic mass is 16.2. The Kier molecular flexibility index (Phi) is 3.53. The first-order valence-electron chi connectivity index (χ1n) is 8.91. The van der Waals surface area contributed by atoms with Crippen LogP contribution < -0.4 is 5.56 Å². The largest absolute Gasteiger partial charge is 0.331 e. The molecule has 3 heterocycles. The first-order chi connectivity index (χ1) is 13.2. The van der Waals surface area contributed by atoms with Crippen LogP contribution in [-0.2, 0) is 6.54 Å². The van der Waals surface area contributed by atoms with Crippen molar-refractivity contribution in [1.29, 1.82) is 0 Å². The van der Waals surface area contributed by atoms with E-state index in [0.717, 1.165) is 18.4 Å². The lowest BCUT2D eigenvalue weighted by atomic mass is 10.2. The normalized spacial score (nSPS) is 13.9. The maximum absolute atomic E-state index is 13.3. The van der Waals surface area contributed by atoms with Crippen molar-refractivity contribution in [2.24, 2.45) is 0 Å². The summed E-state index contributed by atoms with van der Waals surface area (Å²) in [5.74, 6) is -0.123. The lowest BCUT2D eigenvalue weighted by Gasteiger charge is -2.22. The number of aromatic nitrogens is 4. The van der Waals surface area contributed by atoms with Gasteiger partial charge in [-0.3, -0.25) is 14.6 Å². The minimum atomic E-state index is -0.224. The zero-order valence-electron chi connectivity index (χ0n) is 14.5. The Morgan fingerprint density at radius 2 is 2.04 bits per heavy atom. The lowest BCUT2D eigenvalue weighted by Crippen LogP contribution is -2.32. The molecule has 27 heavy (non-hydrogen) atoms. The highest BCUT2D eigenvalue weighted by Crippen LogP contribution is 2.30. The molecule has 0 bridgehead atoms. The van der Waals surface area contributed by atoms with Gasteiger partial charge in [0.05, 0.1) is 17.1 Å². The molecule has 0 saturated heterocycles. The van der Waals surface area contributed by atoms with Crippen LogP contribution >= 0.6 is 0 Å². The molecule has 7 nitrogen and oxygen atoms in total. The van der Waals surface area contributed by atoms with Crippen LogP contribution in [0.2, 0.25) is 0 Å². The molecular formula is C20H17N5O2. The molecule has 1 fully saturated rings. The third kappa shape index (κ3) is 2.68. The second kappa shape index (κ2) is 6.05. The number of amides is 1. The molecule has 1 saturated carbocycles. The van der Waals surface area contributed by atoms with Crippen molar-refractivity contribution in [3.63, 3.8) is 0 Å². The summed E-state index contributed by atoms with van der Waals surface area (Å²) in [4.78, 5) is 34.5. The molecule has 5 rings (SSSR count). The van der Waals surface area contributed by atoms with Gasteiger partial charge in [0.25, 0.3) is 11.5 Å². The number of H-pyrrole nitrogens is 1. The Hall–Kier alpha value is -3.48. The van der Waals surface area contributed by atoms with Crippen LogP contribution in [0.5, 0.6) is 0 Å². The Morgan fingerprint density at radius 3 is 2.81 bits per heavy atom. The highest BCUT2D eigenvalue weighted by molar-refractivity contribution is 6.00. The summed E-state index contributed by atoms with van der Waals surface area (Å²) in [7, 11) is 0. The second-order valence-corrected chi connectivity index (χ2v) is 6.82. The van der Waals surface area contributed by atoms with E-state index in [9.17, 15) is 9.59 Å². The topological polar surface area (TPSA) is 83.4 Å². The number of nitrogens with zero attached hydrogens (tertiary/aromatic N) is 4. The van der Waals surface area contributed by atoms with Crippen LogP contribution in [0.25, 0.3) is 16.6 Å². The zero-order valence-corrected chi connectivity index (χ0v) is 14.5. The number of nitrogens with one attached hydrogen (secondary N) is 1. The van der Waals surface area contributed by atoms with Crippen molar-refractivity contribution in [3.8, 4) is 0 Å². The number of carbonyl (C=O) groups is 1. The molecule has 7 heteroatoms. The summed E-state index contributed by atoms with van der Waals surface area (Å²) in [6.45, 7) is 0.493. The number of benzene rings is 1. The molecule has 134 valence electrons. The molecule has 4 aromatic rings. The van der Waals surface area contributed by atoms with Crippen molar-refractivity contribution in [2.45, 2.75) is 25.4 Å². The standard InChI is InChI=1S/C20H17N5O2/c26-19-15-5-1-2-6-17(15)25-18(23-19)16(11-22-25)20(27)24(14-7-8-14)12-13-4-3-9-21-10-13/h1-6,9-11,14H,7-8,12H2,(H,23,26). The molecule has 0 atom stereocenters. The fraction of sp³-hybridized carbons (Fsp3) is 0.200. The van der Waals surface area contributed by atoms with E-state index in [4.69, 9.17) is 0 Å². The molecule has 1 aromatic carbocycles. The number of para-hydroxylation sites is 1. The monoisotopic (exact) mass is 359 g/mol. The van der Waals surface area contributed by atoms with Gasteiger partial charge in [0.2, 0.25) is 0 Å².